The van der Waals surface area contributed by atoms with Gasteiger partial charge in [0.05, 0.1) is 12.3 Å². The Labute approximate surface area is 109 Å². The Hall–Kier alpha value is -1.77. The van der Waals surface area contributed by atoms with Crippen LogP contribution in [-0.4, -0.2) is 30.6 Å². The molecule has 0 unspecified atom stereocenters. The van der Waals surface area contributed by atoms with E-state index in [-0.39, 0.29) is 5.97 Å². The predicted octanol–water partition coefficient (Wildman–Crippen LogP) is 2.93. The van der Waals surface area contributed by atoms with E-state index in [1.807, 2.05) is 37.3 Å². The highest BCUT2D eigenvalue weighted by atomic mass is 16.5. The Bertz CT molecular complexity index is 394. The van der Waals surface area contributed by atoms with Crippen molar-refractivity contribution in [3.05, 3.63) is 42.0 Å². The molecule has 18 heavy (non-hydrogen) atoms. The van der Waals surface area contributed by atoms with Crippen molar-refractivity contribution in [2.24, 2.45) is 0 Å². The molecule has 1 aromatic carbocycles. The lowest BCUT2D eigenvalue weighted by Crippen LogP contribution is -2.22. The van der Waals surface area contributed by atoms with Crippen molar-refractivity contribution in [3.63, 3.8) is 0 Å². The largest absolute Gasteiger partial charge is 0.463 e. The Morgan fingerprint density at radius 1 is 1.17 bits per heavy atom. The summed E-state index contributed by atoms with van der Waals surface area (Å²) in [6, 6.07) is 9.91. The number of carbonyl (C=O) groups is 1. The third-order valence-electron chi connectivity index (χ3n) is 2.71. The van der Waals surface area contributed by atoms with Crippen LogP contribution in [0, 0.1) is 0 Å². The van der Waals surface area contributed by atoms with E-state index >= 15 is 0 Å². The van der Waals surface area contributed by atoms with E-state index < -0.39 is 0 Å². The molecule has 3 nitrogen and oxygen atoms in total. The highest BCUT2D eigenvalue weighted by Gasteiger charge is 2.10. The zero-order valence-corrected chi connectivity index (χ0v) is 11.3. The summed E-state index contributed by atoms with van der Waals surface area (Å²) in [5.74, 6) is -0.289. The van der Waals surface area contributed by atoms with Crippen LogP contribution in [-0.2, 0) is 9.53 Å². The molecule has 0 saturated carbocycles. The molecule has 0 heterocycles. The third-order valence-corrected chi connectivity index (χ3v) is 2.71. The van der Waals surface area contributed by atoms with E-state index in [4.69, 9.17) is 4.74 Å². The third kappa shape index (κ3) is 3.91. The van der Waals surface area contributed by atoms with Crippen LogP contribution < -0.4 is 0 Å². The number of ether oxygens (including phenoxy) is 1. The van der Waals surface area contributed by atoms with Gasteiger partial charge in [-0.2, -0.15) is 0 Å². The maximum absolute atomic E-state index is 11.6. The number of rotatable bonds is 6. The molecule has 98 valence electrons. The summed E-state index contributed by atoms with van der Waals surface area (Å²) < 4.78 is 4.99. The maximum Gasteiger partial charge on any atom is 0.332 e. The summed E-state index contributed by atoms with van der Waals surface area (Å²) in [4.78, 5) is 13.8. The lowest BCUT2D eigenvalue weighted by Gasteiger charge is -2.24. The lowest BCUT2D eigenvalue weighted by atomic mass is 10.1. The molecule has 0 radical (unpaired) electrons. The second kappa shape index (κ2) is 7.54. The number of nitrogens with zero attached hydrogens (tertiary/aromatic N) is 1. The maximum atomic E-state index is 11.6. The molecule has 0 N–H and O–H groups in total. The number of esters is 1. The van der Waals surface area contributed by atoms with Gasteiger partial charge in [0, 0.05) is 19.2 Å². The molecular formula is C15H21NO2. The van der Waals surface area contributed by atoms with E-state index in [0.29, 0.717) is 6.61 Å². The average Bonchev–Trinajstić information content (AvgIpc) is 2.40. The molecule has 0 fully saturated rings. The van der Waals surface area contributed by atoms with Crippen molar-refractivity contribution >= 4 is 11.7 Å². The van der Waals surface area contributed by atoms with Crippen LogP contribution in [0.2, 0.25) is 0 Å². The van der Waals surface area contributed by atoms with Gasteiger partial charge in [0.25, 0.3) is 0 Å². The fourth-order valence-electron chi connectivity index (χ4n) is 1.83. The first-order valence-electron chi connectivity index (χ1n) is 6.41. The van der Waals surface area contributed by atoms with Gasteiger partial charge in [0.1, 0.15) is 0 Å². The first kappa shape index (κ1) is 14.3. The molecule has 0 aliphatic rings. The Morgan fingerprint density at radius 3 is 2.28 bits per heavy atom. The molecular weight excluding hydrogens is 226 g/mol. The van der Waals surface area contributed by atoms with Gasteiger partial charge in [0.15, 0.2) is 0 Å². The second-order valence-corrected chi connectivity index (χ2v) is 3.82. The second-order valence-electron chi connectivity index (χ2n) is 3.82. The summed E-state index contributed by atoms with van der Waals surface area (Å²) in [5.41, 5.74) is 1.95. The van der Waals surface area contributed by atoms with Crippen LogP contribution in [0.1, 0.15) is 26.3 Å². The highest BCUT2D eigenvalue weighted by molar-refractivity contribution is 5.90. The van der Waals surface area contributed by atoms with E-state index in [1.54, 1.807) is 6.08 Å². The van der Waals surface area contributed by atoms with Crippen molar-refractivity contribution in [1.82, 2.24) is 4.90 Å². The zero-order valence-electron chi connectivity index (χ0n) is 11.3. The van der Waals surface area contributed by atoms with Crippen LogP contribution >= 0.6 is 0 Å². The van der Waals surface area contributed by atoms with Crippen LogP contribution in [0.15, 0.2) is 36.4 Å². The molecule has 0 aromatic heterocycles. The highest BCUT2D eigenvalue weighted by Crippen LogP contribution is 2.18. The van der Waals surface area contributed by atoms with E-state index in [2.05, 4.69) is 18.7 Å². The molecule has 0 saturated heterocycles. The summed E-state index contributed by atoms with van der Waals surface area (Å²) in [7, 11) is 0. The van der Waals surface area contributed by atoms with Crippen LogP contribution in [0.3, 0.4) is 0 Å². The zero-order chi connectivity index (χ0) is 13.4. The van der Waals surface area contributed by atoms with Crippen molar-refractivity contribution in [2.45, 2.75) is 20.8 Å². The van der Waals surface area contributed by atoms with Crippen molar-refractivity contribution in [3.8, 4) is 0 Å². The molecule has 0 spiro atoms. The Kier molecular flexibility index (Phi) is 5.98. The van der Waals surface area contributed by atoms with Crippen molar-refractivity contribution in [1.29, 1.82) is 0 Å². The van der Waals surface area contributed by atoms with E-state index in [0.717, 1.165) is 24.4 Å². The molecule has 0 bridgehead atoms. The summed E-state index contributed by atoms with van der Waals surface area (Å²) >= 11 is 0. The van der Waals surface area contributed by atoms with Gasteiger partial charge in [0.2, 0.25) is 0 Å². The molecule has 1 rings (SSSR count). The Morgan fingerprint density at radius 2 is 1.78 bits per heavy atom. The number of benzene rings is 1. The lowest BCUT2D eigenvalue weighted by molar-refractivity contribution is -0.137. The van der Waals surface area contributed by atoms with Crippen LogP contribution in [0.25, 0.3) is 5.70 Å². The van der Waals surface area contributed by atoms with E-state index in [9.17, 15) is 4.79 Å². The van der Waals surface area contributed by atoms with Gasteiger partial charge in [-0.05, 0) is 26.3 Å². The van der Waals surface area contributed by atoms with Gasteiger partial charge in [-0.3, -0.25) is 0 Å². The molecule has 0 amide bonds. The molecule has 0 aliphatic carbocycles. The normalized spacial score (nSPS) is 11.2. The number of hydrogen-bond acceptors (Lipinski definition) is 3. The quantitative estimate of drug-likeness (QED) is 0.572. The van der Waals surface area contributed by atoms with Gasteiger partial charge < -0.3 is 9.64 Å². The first-order valence-corrected chi connectivity index (χ1v) is 6.41. The monoisotopic (exact) mass is 247 g/mol. The Balaban J connectivity index is 3.06. The van der Waals surface area contributed by atoms with Crippen molar-refractivity contribution < 1.29 is 9.53 Å². The molecule has 3 heteroatoms. The minimum Gasteiger partial charge on any atom is -0.463 e. The predicted molar refractivity (Wildman–Crippen MR) is 74.0 cm³/mol. The van der Waals surface area contributed by atoms with Gasteiger partial charge in [-0.25, -0.2) is 4.79 Å². The van der Waals surface area contributed by atoms with Crippen LogP contribution in [0.4, 0.5) is 0 Å². The SMILES string of the molecule is CCOC(=O)/C=C(/c1ccccc1)N(CC)CC. The number of hydrogen-bond donors (Lipinski definition) is 0. The summed E-state index contributed by atoms with van der Waals surface area (Å²) in [5, 5.41) is 0. The van der Waals surface area contributed by atoms with Gasteiger partial charge in [-0.15, -0.1) is 0 Å². The minimum absolute atomic E-state index is 0.289. The van der Waals surface area contributed by atoms with Gasteiger partial charge >= 0.3 is 5.97 Å². The molecule has 0 atom stereocenters. The number of carbonyl (C=O) groups excluding carboxylic acids is 1. The minimum atomic E-state index is -0.289. The fraction of sp³-hybridized carbons (Fsp3) is 0.400. The van der Waals surface area contributed by atoms with Crippen LogP contribution in [0.5, 0.6) is 0 Å². The fourth-order valence-corrected chi connectivity index (χ4v) is 1.83. The smallest absolute Gasteiger partial charge is 0.332 e. The van der Waals surface area contributed by atoms with E-state index in [1.165, 1.54) is 0 Å². The first-order chi connectivity index (χ1) is 8.72. The van der Waals surface area contributed by atoms with Gasteiger partial charge in [-0.1, -0.05) is 30.3 Å². The topological polar surface area (TPSA) is 29.5 Å². The summed E-state index contributed by atoms with van der Waals surface area (Å²) in [6.07, 6.45) is 1.58. The van der Waals surface area contributed by atoms with Crippen molar-refractivity contribution in [2.75, 3.05) is 19.7 Å². The average molecular weight is 247 g/mol. The molecule has 0 aliphatic heterocycles. The summed E-state index contributed by atoms with van der Waals surface area (Å²) in [6.45, 7) is 8.07. The standard InChI is InChI=1S/C15H21NO2/c1-4-16(5-2)14(12-15(17)18-6-3)13-10-8-7-9-11-13/h7-12H,4-6H2,1-3H3/b14-12-. The molecule has 1 aromatic rings.